The van der Waals surface area contributed by atoms with Gasteiger partial charge in [0.15, 0.2) is 11.4 Å². The molecule has 0 fully saturated rings. The fraction of sp³-hybridized carbons (Fsp3) is 0.111. The molecule has 122 valence electrons. The molecule has 2 N–H and O–H groups in total. The summed E-state index contributed by atoms with van der Waals surface area (Å²) in [5.41, 5.74) is 1.50. The van der Waals surface area contributed by atoms with Gasteiger partial charge in [0.05, 0.1) is 0 Å². The molecule has 24 heavy (non-hydrogen) atoms. The quantitative estimate of drug-likeness (QED) is 0.674. The van der Waals surface area contributed by atoms with Crippen LogP contribution in [-0.2, 0) is 0 Å². The molecule has 6 heteroatoms. The van der Waals surface area contributed by atoms with Crippen LogP contribution in [0.3, 0.4) is 0 Å². The van der Waals surface area contributed by atoms with Crippen LogP contribution in [0.5, 0.6) is 17.2 Å². The standard InChI is InChI=1S/C18H14ClNO4/c1-9-4-3-5-10(2)16(9)24-11-6-7-12-13(8-11)17(19)20-14(15(12)21)18(22)23/h3-8,21H,1-2H3,(H,22,23). The number of aryl methyl sites for hydroxylation is 2. The van der Waals surface area contributed by atoms with E-state index in [-0.39, 0.29) is 5.15 Å². The lowest BCUT2D eigenvalue weighted by Crippen LogP contribution is -2.01. The number of aromatic nitrogens is 1. The van der Waals surface area contributed by atoms with Crippen molar-refractivity contribution in [2.45, 2.75) is 13.8 Å². The Kier molecular flexibility index (Phi) is 4.03. The molecule has 0 saturated heterocycles. The Balaban J connectivity index is 2.11. The molecule has 0 spiro atoms. The van der Waals surface area contributed by atoms with Crippen molar-refractivity contribution >= 4 is 28.3 Å². The monoisotopic (exact) mass is 343 g/mol. The van der Waals surface area contributed by atoms with E-state index in [4.69, 9.17) is 21.4 Å². The Morgan fingerprint density at radius 2 is 1.79 bits per heavy atom. The SMILES string of the molecule is Cc1cccc(C)c1Oc1ccc2c(O)c(C(=O)O)nc(Cl)c2c1. The highest BCUT2D eigenvalue weighted by Crippen LogP contribution is 2.36. The second-order valence-electron chi connectivity index (χ2n) is 5.44. The first kappa shape index (κ1) is 16.1. The lowest BCUT2D eigenvalue weighted by atomic mass is 10.1. The van der Waals surface area contributed by atoms with Gasteiger partial charge in [0.25, 0.3) is 0 Å². The van der Waals surface area contributed by atoms with Gasteiger partial charge in [-0.25, -0.2) is 9.78 Å². The van der Waals surface area contributed by atoms with Crippen molar-refractivity contribution in [3.05, 3.63) is 58.4 Å². The van der Waals surface area contributed by atoms with E-state index in [9.17, 15) is 9.90 Å². The number of carboxylic acids is 1. The third-order valence-corrected chi connectivity index (χ3v) is 4.02. The topological polar surface area (TPSA) is 79.7 Å². The Morgan fingerprint density at radius 1 is 1.12 bits per heavy atom. The molecular formula is C18H14ClNO4. The van der Waals surface area contributed by atoms with Crippen LogP contribution in [0.25, 0.3) is 10.8 Å². The van der Waals surface area contributed by atoms with Gasteiger partial charge in [-0.05, 0) is 43.2 Å². The van der Waals surface area contributed by atoms with Crippen LogP contribution < -0.4 is 4.74 Å². The largest absolute Gasteiger partial charge is 0.505 e. The predicted molar refractivity (Wildman–Crippen MR) is 91.4 cm³/mol. The number of hydrogen-bond acceptors (Lipinski definition) is 4. The summed E-state index contributed by atoms with van der Waals surface area (Å²) in [5, 5.41) is 19.8. The van der Waals surface area contributed by atoms with Gasteiger partial charge in [0.2, 0.25) is 0 Å². The molecular weight excluding hydrogens is 330 g/mol. The number of rotatable bonds is 3. The molecule has 1 heterocycles. The molecule has 0 saturated carbocycles. The molecule has 0 aliphatic rings. The molecule has 3 rings (SSSR count). The van der Waals surface area contributed by atoms with E-state index in [1.54, 1.807) is 18.2 Å². The maximum absolute atomic E-state index is 11.1. The molecule has 3 aromatic rings. The van der Waals surface area contributed by atoms with Gasteiger partial charge in [-0.3, -0.25) is 0 Å². The number of aromatic carboxylic acids is 1. The average Bonchev–Trinajstić information content (AvgIpc) is 2.54. The van der Waals surface area contributed by atoms with Crippen molar-refractivity contribution in [1.82, 2.24) is 4.98 Å². The number of aromatic hydroxyl groups is 1. The number of pyridine rings is 1. The van der Waals surface area contributed by atoms with Crippen LogP contribution >= 0.6 is 11.6 Å². The Hall–Kier alpha value is -2.79. The third-order valence-electron chi connectivity index (χ3n) is 3.73. The highest BCUT2D eigenvalue weighted by molar-refractivity contribution is 6.34. The molecule has 0 bridgehead atoms. The summed E-state index contributed by atoms with van der Waals surface area (Å²) in [5.74, 6) is -0.494. The minimum atomic E-state index is -1.34. The minimum Gasteiger partial charge on any atom is -0.505 e. The molecule has 5 nitrogen and oxygen atoms in total. The average molecular weight is 344 g/mol. The van der Waals surface area contributed by atoms with Gasteiger partial charge in [-0.2, -0.15) is 0 Å². The number of fused-ring (bicyclic) bond motifs is 1. The van der Waals surface area contributed by atoms with Gasteiger partial charge >= 0.3 is 5.97 Å². The van der Waals surface area contributed by atoms with Crippen LogP contribution in [0.1, 0.15) is 21.6 Å². The second kappa shape index (κ2) is 6.02. The lowest BCUT2D eigenvalue weighted by Gasteiger charge is -2.13. The third kappa shape index (κ3) is 2.74. The maximum atomic E-state index is 11.1. The smallest absolute Gasteiger partial charge is 0.358 e. The van der Waals surface area contributed by atoms with E-state index < -0.39 is 17.4 Å². The van der Waals surface area contributed by atoms with Crippen molar-refractivity contribution in [3.63, 3.8) is 0 Å². The number of benzene rings is 2. The second-order valence-corrected chi connectivity index (χ2v) is 5.79. The summed E-state index contributed by atoms with van der Waals surface area (Å²) in [6.07, 6.45) is 0. The van der Waals surface area contributed by atoms with E-state index in [0.29, 0.717) is 16.5 Å². The Morgan fingerprint density at radius 3 is 2.42 bits per heavy atom. The molecule has 0 aliphatic carbocycles. The van der Waals surface area contributed by atoms with Crippen molar-refractivity contribution in [2.75, 3.05) is 0 Å². The zero-order valence-electron chi connectivity index (χ0n) is 13.0. The van der Waals surface area contributed by atoms with E-state index >= 15 is 0 Å². The molecule has 1 aromatic heterocycles. The zero-order chi connectivity index (χ0) is 17.4. The number of halogens is 1. The van der Waals surface area contributed by atoms with Gasteiger partial charge in [0, 0.05) is 10.8 Å². The summed E-state index contributed by atoms with van der Waals surface area (Å²) in [6.45, 7) is 3.89. The van der Waals surface area contributed by atoms with Crippen molar-refractivity contribution in [2.24, 2.45) is 0 Å². The molecule has 0 aliphatic heterocycles. The number of carbonyl (C=O) groups is 1. The number of nitrogens with zero attached hydrogens (tertiary/aromatic N) is 1. The van der Waals surface area contributed by atoms with E-state index in [1.165, 1.54) is 0 Å². The summed E-state index contributed by atoms with van der Waals surface area (Å²) in [6, 6.07) is 10.7. The fourth-order valence-corrected chi connectivity index (χ4v) is 2.77. The summed E-state index contributed by atoms with van der Waals surface area (Å²) >= 11 is 6.07. The summed E-state index contributed by atoms with van der Waals surface area (Å²) < 4.78 is 5.94. The molecule has 0 amide bonds. The van der Waals surface area contributed by atoms with Crippen LogP contribution in [0.4, 0.5) is 0 Å². The molecule has 0 atom stereocenters. The highest BCUT2D eigenvalue weighted by Gasteiger charge is 2.18. The number of carboxylic acid groups (broad SMARTS) is 1. The predicted octanol–water partition coefficient (Wildman–Crippen LogP) is 4.70. The van der Waals surface area contributed by atoms with Gasteiger partial charge in [0.1, 0.15) is 16.7 Å². The van der Waals surface area contributed by atoms with Crippen molar-refractivity contribution in [1.29, 1.82) is 0 Å². The normalized spacial score (nSPS) is 10.8. The van der Waals surface area contributed by atoms with Gasteiger partial charge in [-0.1, -0.05) is 29.8 Å². The maximum Gasteiger partial charge on any atom is 0.358 e. The van der Waals surface area contributed by atoms with Crippen LogP contribution in [0.15, 0.2) is 36.4 Å². The zero-order valence-corrected chi connectivity index (χ0v) is 13.8. The fourth-order valence-electron chi connectivity index (χ4n) is 2.53. The van der Waals surface area contributed by atoms with Crippen molar-refractivity contribution < 1.29 is 19.7 Å². The molecule has 0 radical (unpaired) electrons. The Bertz CT molecular complexity index is 949. The summed E-state index contributed by atoms with van der Waals surface area (Å²) in [7, 11) is 0. The lowest BCUT2D eigenvalue weighted by molar-refractivity contribution is 0.0687. The van der Waals surface area contributed by atoms with Crippen LogP contribution in [-0.4, -0.2) is 21.2 Å². The van der Waals surface area contributed by atoms with E-state index in [1.807, 2.05) is 32.0 Å². The first-order valence-electron chi connectivity index (χ1n) is 7.18. The van der Waals surface area contributed by atoms with Crippen molar-refractivity contribution in [3.8, 4) is 17.2 Å². The van der Waals surface area contributed by atoms with E-state index in [2.05, 4.69) is 4.98 Å². The molecule has 0 unspecified atom stereocenters. The minimum absolute atomic E-state index is 0.00726. The first-order valence-corrected chi connectivity index (χ1v) is 7.56. The summed E-state index contributed by atoms with van der Waals surface area (Å²) in [4.78, 5) is 14.8. The van der Waals surface area contributed by atoms with Gasteiger partial charge in [-0.15, -0.1) is 0 Å². The van der Waals surface area contributed by atoms with Crippen LogP contribution in [0.2, 0.25) is 5.15 Å². The number of para-hydroxylation sites is 1. The van der Waals surface area contributed by atoms with Crippen LogP contribution in [0, 0.1) is 13.8 Å². The Labute approximate surface area is 143 Å². The highest BCUT2D eigenvalue weighted by atomic mass is 35.5. The van der Waals surface area contributed by atoms with Gasteiger partial charge < -0.3 is 14.9 Å². The first-order chi connectivity index (χ1) is 11.4. The van der Waals surface area contributed by atoms with E-state index in [0.717, 1.165) is 16.9 Å². The number of hydrogen-bond donors (Lipinski definition) is 2. The molecule has 2 aromatic carbocycles. The number of ether oxygens (including phenoxy) is 1.